The first-order chi connectivity index (χ1) is 10.7. The van der Waals surface area contributed by atoms with Gasteiger partial charge in [0.2, 0.25) is 0 Å². The summed E-state index contributed by atoms with van der Waals surface area (Å²) in [4.78, 5) is 12.3. The molecule has 0 spiro atoms. The standard InChI is InChI=1S/C19H23BrO2/c1-2-3-13-22-17-9-6-8-16(14-17)19(21)12-11-15-7-4-5-10-18(15)20/h6,8-9,11-12,14H,2-5,7,10,13H2,1H3/b12-11+. The molecule has 0 aromatic heterocycles. The molecule has 0 saturated carbocycles. The second-order valence-corrected chi connectivity index (χ2v) is 6.52. The van der Waals surface area contributed by atoms with Crippen LogP contribution in [0, 0.1) is 0 Å². The van der Waals surface area contributed by atoms with Crippen LogP contribution in [-0.4, -0.2) is 12.4 Å². The Morgan fingerprint density at radius 2 is 2.14 bits per heavy atom. The van der Waals surface area contributed by atoms with Crippen molar-refractivity contribution in [2.75, 3.05) is 6.61 Å². The molecule has 0 unspecified atom stereocenters. The summed E-state index contributed by atoms with van der Waals surface area (Å²) < 4.78 is 6.89. The van der Waals surface area contributed by atoms with E-state index >= 15 is 0 Å². The summed E-state index contributed by atoms with van der Waals surface area (Å²) in [7, 11) is 0. The molecule has 1 aliphatic carbocycles. The number of hydrogen-bond acceptors (Lipinski definition) is 2. The molecule has 1 aromatic carbocycles. The Balaban J connectivity index is 2.01. The van der Waals surface area contributed by atoms with E-state index in [1.807, 2.05) is 30.3 Å². The van der Waals surface area contributed by atoms with Crippen molar-refractivity contribution in [3.05, 3.63) is 52.0 Å². The maximum atomic E-state index is 12.3. The Hall–Kier alpha value is -1.35. The van der Waals surface area contributed by atoms with E-state index in [0.29, 0.717) is 12.2 Å². The summed E-state index contributed by atoms with van der Waals surface area (Å²) in [5, 5.41) is 0. The van der Waals surface area contributed by atoms with Crippen molar-refractivity contribution in [2.45, 2.75) is 45.4 Å². The number of benzene rings is 1. The third-order valence-corrected chi connectivity index (χ3v) is 4.67. The van der Waals surface area contributed by atoms with Crippen LogP contribution in [0.25, 0.3) is 0 Å². The fraction of sp³-hybridized carbons (Fsp3) is 0.421. The van der Waals surface area contributed by atoms with Gasteiger partial charge in [0, 0.05) is 5.56 Å². The lowest BCUT2D eigenvalue weighted by Gasteiger charge is -2.12. The van der Waals surface area contributed by atoms with E-state index in [1.54, 1.807) is 6.08 Å². The van der Waals surface area contributed by atoms with Crippen LogP contribution in [0.15, 0.2) is 46.5 Å². The molecule has 2 rings (SSSR count). The third-order valence-electron chi connectivity index (χ3n) is 3.76. The van der Waals surface area contributed by atoms with Crippen molar-refractivity contribution in [3.63, 3.8) is 0 Å². The predicted molar refractivity (Wildman–Crippen MR) is 94.7 cm³/mol. The quantitative estimate of drug-likeness (QED) is 0.346. The zero-order valence-corrected chi connectivity index (χ0v) is 14.7. The SMILES string of the molecule is CCCCOc1cccc(C(=O)/C=C/C2=C(Br)CCCC2)c1. The number of allylic oxidation sites excluding steroid dienone is 4. The average Bonchev–Trinajstić information content (AvgIpc) is 2.54. The lowest BCUT2D eigenvalue weighted by Crippen LogP contribution is -2.00. The topological polar surface area (TPSA) is 26.3 Å². The van der Waals surface area contributed by atoms with Gasteiger partial charge in [0.25, 0.3) is 0 Å². The third kappa shape index (κ3) is 5.13. The molecule has 3 heteroatoms. The van der Waals surface area contributed by atoms with Crippen molar-refractivity contribution in [1.82, 2.24) is 0 Å². The summed E-state index contributed by atoms with van der Waals surface area (Å²) in [6.07, 6.45) is 10.3. The van der Waals surface area contributed by atoms with Crippen LogP contribution >= 0.6 is 15.9 Å². The number of halogens is 1. The monoisotopic (exact) mass is 362 g/mol. The van der Waals surface area contributed by atoms with Crippen LogP contribution in [0.1, 0.15) is 55.8 Å². The summed E-state index contributed by atoms with van der Waals surface area (Å²) >= 11 is 3.60. The molecule has 0 radical (unpaired) electrons. The molecule has 0 bridgehead atoms. The largest absolute Gasteiger partial charge is 0.494 e. The molecule has 0 atom stereocenters. The van der Waals surface area contributed by atoms with Gasteiger partial charge in [0.05, 0.1) is 6.61 Å². The summed E-state index contributed by atoms with van der Waals surface area (Å²) in [6, 6.07) is 7.44. The second kappa shape index (κ2) is 8.94. The number of rotatable bonds is 7. The van der Waals surface area contributed by atoms with Gasteiger partial charge in [0.1, 0.15) is 5.75 Å². The number of carbonyl (C=O) groups excluding carboxylic acids is 1. The summed E-state index contributed by atoms with van der Waals surface area (Å²) in [5.74, 6) is 0.796. The van der Waals surface area contributed by atoms with E-state index < -0.39 is 0 Å². The van der Waals surface area contributed by atoms with E-state index in [9.17, 15) is 4.79 Å². The number of ketones is 1. The van der Waals surface area contributed by atoms with Crippen molar-refractivity contribution in [3.8, 4) is 5.75 Å². The van der Waals surface area contributed by atoms with Crippen LogP contribution in [0.2, 0.25) is 0 Å². The van der Waals surface area contributed by atoms with Gasteiger partial charge in [-0.3, -0.25) is 4.79 Å². The number of ether oxygens (including phenoxy) is 1. The molecular weight excluding hydrogens is 340 g/mol. The van der Waals surface area contributed by atoms with Gasteiger partial charge in [-0.2, -0.15) is 0 Å². The Morgan fingerprint density at radius 1 is 1.32 bits per heavy atom. The van der Waals surface area contributed by atoms with Gasteiger partial charge >= 0.3 is 0 Å². The van der Waals surface area contributed by atoms with Gasteiger partial charge in [-0.1, -0.05) is 47.5 Å². The second-order valence-electron chi connectivity index (χ2n) is 5.56. The van der Waals surface area contributed by atoms with Crippen LogP contribution in [0.5, 0.6) is 5.75 Å². The normalized spacial score (nSPS) is 15.4. The highest BCUT2D eigenvalue weighted by atomic mass is 79.9. The number of unbranched alkanes of at least 4 members (excludes halogenated alkanes) is 1. The first-order valence-electron chi connectivity index (χ1n) is 8.03. The molecule has 0 saturated heterocycles. The average molecular weight is 363 g/mol. The highest BCUT2D eigenvalue weighted by Crippen LogP contribution is 2.29. The Labute approximate surface area is 141 Å². The fourth-order valence-corrected chi connectivity index (χ4v) is 3.02. The molecule has 0 aliphatic heterocycles. The lowest BCUT2D eigenvalue weighted by molar-refractivity contribution is 0.104. The maximum absolute atomic E-state index is 12.3. The minimum Gasteiger partial charge on any atom is -0.494 e. The van der Waals surface area contributed by atoms with Gasteiger partial charge in [-0.05, 0) is 60.4 Å². The first kappa shape index (κ1) is 17.0. The van der Waals surface area contributed by atoms with E-state index in [4.69, 9.17) is 4.74 Å². The van der Waals surface area contributed by atoms with E-state index in [0.717, 1.165) is 31.4 Å². The molecule has 1 aromatic rings. The van der Waals surface area contributed by atoms with Gasteiger partial charge < -0.3 is 4.74 Å². The minimum absolute atomic E-state index is 0.0271. The van der Waals surface area contributed by atoms with Crippen molar-refractivity contribution < 1.29 is 9.53 Å². The van der Waals surface area contributed by atoms with Crippen LogP contribution < -0.4 is 4.74 Å². The maximum Gasteiger partial charge on any atom is 0.185 e. The molecule has 0 N–H and O–H groups in total. The van der Waals surface area contributed by atoms with Crippen molar-refractivity contribution in [1.29, 1.82) is 0 Å². The van der Waals surface area contributed by atoms with Crippen LogP contribution in [0.3, 0.4) is 0 Å². The zero-order valence-electron chi connectivity index (χ0n) is 13.1. The lowest BCUT2D eigenvalue weighted by atomic mass is 9.98. The van der Waals surface area contributed by atoms with Crippen molar-refractivity contribution >= 4 is 21.7 Å². The summed E-state index contributed by atoms with van der Waals surface area (Å²) in [5.41, 5.74) is 1.92. The van der Waals surface area contributed by atoms with E-state index in [2.05, 4.69) is 22.9 Å². The molecular formula is C19H23BrO2. The van der Waals surface area contributed by atoms with Gasteiger partial charge in [-0.25, -0.2) is 0 Å². The predicted octanol–water partition coefficient (Wildman–Crippen LogP) is 5.83. The van der Waals surface area contributed by atoms with Gasteiger partial charge in [-0.15, -0.1) is 0 Å². The molecule has 1 aliphatic rings. The number of carbonyl (C=O) groups is 1. The Kier molecular flexibility index (Phi) is 6.91. The highest BCUT2D eigenvalue weighted by Gasteiger charge is 2.09. The van der Waals surface area contributed by atoms with Gasteiger partial charge in [0.15, 0.2) is 5.78 Å². The number of hydrogen-bond donors (Lipinski definition) is 0. The minimum atomic E-state index is 0.0271. The van der Waals surface area contributed by atoms with Crippen LogP contribution in [0.4, 0.5) is 0 Å². The Bertz CT molecular complexity index is 573. The zero-order chi connectivity index (χ0) is 15.8. The van der Waals surface area contributed by atoms with Crippen LogP contribution in [-0.2, 0) is 0 Å². The highest BCUT2D eigenvalue weighted by molar-refractivity contribution is 9.11. The first-order valence-corrected chi connectivity index (χ1v) is 8.83. The smallest absolute Gasteiger partial charge is 0.185 e. The molecule has 2 nitrogen and oxygen atoms in total. The Morgan fingerprint density at radius 3 is 2.91 bits per heavy atom. The molecule has 0 fully saturated rings. The summed E-state index contributed by atoms with van der Waals surface area (Å²) in [6.45, 7) is 2.83. The molecule has 0 amide bonds. The van der Waals surface area contributed by atoms with E-state index in [-0.39, 0.29) is 5.78 Å². The molecule has 0 heterocycles. The fourth-order valence-electron chi connectivity index (χ4n) is 2.41. The van der Waals surface area contributed by atoms with E-state index in [1.165, 1.54) is 22.9 Å². The molecule has 118 valence electrons. The van der Waals surface area contributed by atoms with Crippen molar-refractivity contribution in [2.24, 2.45) is 0 Å². The molecule has 22 heavy (non-hydrogen) atoms.